The normalized spacial score (nSPS) is 23.9. The van der Waals surface area contributed by atoms with Gasteiger partial charge in [0.25, 0.3) is 0 Å². The number of sulfonamides is 1. The third-order valence-electron chi connectivity index (χ3n) is 4.15. The minimum atomic E-state index is -3.64. The van der Waals surface area contributed by atoms with Crippen LogP contribution in [-0.4, -0.2) is 36.0 Å². The number of aliphatic hydroxyl groups excluding tert-OH is 1. The highest BCUT2D eigenvalue weighted by atomic mass is 32.2. The molecule has 2 aromatic rings. The molecule has 1 heterocycles. The maximum absolute atomic E-state index is 12.6. The van der Waals surface area contributed by atoms with E-state index >= 15 is 0 Å². The number of likely N-dealkylation sites (N-methyl/N-ethyl adjacent to an activating group) is 1. The van der Waals surface area contributed by atoms with Gasteiger partial charge in [-0.2, -0.15) is 4.31 Å². The topological polar surface area (TPSA) is 77.8 Å². The predicted octanol–water partition coefficient (Wildman–Crippen LogP) is 1.67. The molecule has 0 aliphatic carbocycles. The van der Waals surface area contributed by atoms with Crippen molar-refractivity contribution in [1.82, 2.24) is 4.31 Å². The van der Waals surface area contributed by atoms with E-state index in [1.165, 1.54) is 17.4 Å². The van der Waals surface area contributed by atoms with Crippen LogP contribution in [0.1, 0.15) is 17.2 Å². The Morgan fingerprint density at radius 3 is 2.45 bits per heavy atom. The maximum Gasteiger partial charge on any atom is 0.243 e. The lowest BCUT2D eigenvalue weighted by atomic mass is 9.95. The Hall–Kier alpha value is -1.89. The molecular weight excluding hydrogens is 302 g/mol. The van der Waals surface area contributed by atoms with E-state index in [-0.39, 0.29) is 17.1 Å². The van der Waals surface area contributed by atoms with Gasteiger partial charge in [0.2, 0.25) is 10.0 Å². The summed E-state index contributed by atoms with van der Waals surface area (Å²) in [5.41, 5.74) is 1.01. The van der Waals surface area contributed by atoms with E-state index < -0.39 is 22.2 Å². The molecule has 0 saturated heterocycles. The van der Waals surface area contributed by atoms with E-state index in [1.54, 1.807) is 42.5 Å². The molecule has 0 radical (unpaired) electrons. The first-order valence-corrected chi connectivity index (χ1v) is 8.39. The van der Waals surface area contributed by atoms with Crippen molar-refractivity contribution in [2.75, 3.05) is 7.05 Å². The molecule has 0 bridgehead atoms. The summed E-state index contributed by atoms with van der Waals surface area (Å²) in [6, 6.07) is 12.6. The minimum absolute atomic E-state index is 0.0966. The molecule has 5 nitrogen and oxygen atoms in total. The number of para-hydroxylation sites is 1. The maximum atomic E-state index is 12.6. The molecule has 22 heavy (non-hydrogen) atoms. The third-order valence-corrected chi connectivity index (χ3v) is 6.10. The first-order valence-electron chi connectivity index (χ1n) is 6.95. The number of phenolic OH excluding ortho intramolecular Hbond substituents is 1. The molecule has 0 saturated carbocycles. The van der Waals surface area contributed by atoms with Gasteiger partial charge in [0.1, 0.15) is 5.75 Å². The van der Waals surface area contributed by atoms with Gasteiger partial charge in [-0.3, -0.25) is 0 Å². The molecule has 2 aromatic carbocycles. The van der Waals surface area contributed by atoms with E-state index in [4.69, 9.17) is 0 Å². The molecule has 3 rings (SSSR count). The quantitative estimate of drug-likeness (QED) is 0.883. The van der Waals surface area contributed by atoms with Crippen molar-refractivity contribution >= 4 is 10.0 Å². The number of hydrogen-bond acceptors (Lipinski definition) is 4. The highest BCUT2D eigenvalue weighted by Gasteiger charge is 2.41. The number of rotatable bonds is 2. The molecule has 0 fully saturated rings. The first kappa shape index (κ1) is 15.0. The summed E-state index contributed by atoms with van der Waals surface area (Å²) in [7, 11) is -2.19. The van der Waals surface area contributed by atoms with Crippen LogP contribution in [0.4, 0.5) is 0 Å². The Morgan fingerprint density at radius 2 is 1.73 bits per heavy atom. The average Bonchev–Trinajstić information content (AvgIpc) is 2.52. The lowest BCUT2D eigenvalue weighted by Gasteiger charge is -2.37. The zero-order valence-electron chi connectivity index (χ0n) is 12.0. The Labute approximate surface area is 129 Å². The van der Waals surface area contributed by atoms with Gasteiger partial charge in [0.05, 0.1) is 17.0 Å². The Balaban J connectivity index is 2.05. The second-order valence-electron chi connectivity index (χ2n) is 5.40. The molecular formula is C16H17NO4S. The van der Waals surface area contributed by atoms with Gasteiger partial charge in [-0.05, 0) is 24.1 Å². The van der Waals surface area contributed by atoms with Gasteiger partial charge < -0.3 is 10.2 Å². The molecule has 0 spiro atoms. The van der Waals surface area contributed by atoms with E-state index in [9.17, 15) is 18.6 Å². The van der Waals surface area contributed by atoms with Gasteiger partial charge >= 0.3 is 0 Å². The standard InChI is InChI=1S/C16H17NO4S/c1-17-13(10-11-6-2-4-8-14(11)18)16(19)12-7-3-5-9-15(12)22(17,20)21/h2-9,13,16,18-19H,10H2,1H3. The molecule has 2 unspecified atom stereocenters. The van der Waals surface area contributed by atoms with Crippen LogP contribution in [0.3, 0.4) is 0 Å². The molecule has 6 heteroatoms. The fraction of sp³-hybridized carbons (Fsp3) is 0.250. The predicted molar refractivity (Wildman–Crippen MR) is 81.9 cm³/mol. The lowest BCUT2D eigenvalue weighted by molar-refractivity contribution is 0.0889. The van der Waals surface area contributed by atoms with E-state index in [2.05, 4.69) is 0 Å². The Morgan fingerprint density at radius 1 is 1.09 bits per heavy atom. The summed E-state index contributed by atoms with van der Waals surface area (Å²) >= 11 is 0. The van der Waals surface area contributed by atoms with Crippen LogP contribution in [0.15, 0.2) is 53.4 Å². The summed E-state index contributed by atoms with van der Waals surface area (Å²) in [6.45, 7) is 0. The van der Waals surface area contributed by atoms with Crippen molar-refractivity contribution in [3.63, 3.8) is 0 Å². The fourth-order valence-electron chi connectivity index (χ4n) is 2.85. The molecule has 116 valence electrons. The summed E-state index contributed by atoms with van der Waals surface area (Å²) in [5.74, 6) is 0.0966. The van der Waals surface area contributed by atoms with E-state index in [1.807, 2.05) is 0 Å². The second kappa shape index (κ2) is 5.39. The highest BCUT2D eigenvalue weighted by Crippen LogP contribution is 2.37. The van der Waals surface area contributed by atoms with Gasteiger partial charge in [-0.15, -0.1) is 0 Å². The molecule has 0 amide bonds. The van der Waals surface area contributed by atoms with Crippen molar-refractivity contribution in [3.8, 4) is 5.75 Å². The second-order valence-corrected chi connectivity index (χ2v) is 7.37. The van der Waals surface area contributed by atoms with Crippen LogP contribution < -0.4 is 0 Å². The van der Waals surface area contributed by atoms with Gasteiger partial charge in [0.15, 0.2) is 0 Å². The highest BCUT2D eigenvalue weighted by molar-refractivity contribution is 7.89. The van der Waals surface area contributed by atoms with Gasteiger partial charge in [-0.1, -0.05) is 36.4 Å². The zero-order valence-corrected chi connectivity index (χ0v) is 12.9. The van der Waals surface area contributed by atoms with Crippen LogP contribution >= 0.6 is 0 Å². The lowest BCUT2D eigenvalue weighted by Crippen LogP contribution is -2.46. The molecule has 1 aliphatic rings. The number of aliphatic hydroxyl groups is 1. The van der Waals surface area contributed by atoms with Gasteiger partial charge in [0, 0.05) is 12.6 Å². The molecule has 1 aliphatic heterocycles. The van der Waals surface area contributed by atoms with Crippen molar-refractivity contribution in [2.24, 2.45) is 0 Å². The fourth-order valence-corrected chi connectivity index (χ4v) is 4.44. The molecule has 2 N–H and O–H groups in total. The van der Waals surface area contributed by atoms with Crippen LogP contribution in [0.25, 0.3) is 0 Å². The van der Waals surface area contributed by atoms with Crippen LogP contribution in [0, 0.1) is 0 Å². The van der Waals surface area contributed by atoms with Crippen LogP contribution in [0.2, 0.25) is 0 Å². The largest absolute Gasteiger partial charge is 0.508 e. The van der Waals surface area contributed by atoms with Crippen LogP contribution in [-0.2, 0) is 16.4 Å². The first-order chi connectivity index (χ1) is 10.4. The number of aromatic hydroxyl groups is 1. The van der Waals surface area contributed by atoms with Crippen LogP contribution in [0.5, 0.6) is 5.75 Å². The van der Waals surface area contributed by atoms with Crippen molar-refractivity contribution in [3.05, 3.63) is 59.7 Å². The SMILES string of the molecule is CN1C(Cc2ccccc2O)C(O)c2ccccc2S1(=O)=O. The van der Waals surface area contributed by atoms with Gasteiger partial charge in [-0.25, -0.2) is 8.42 Å². The minimum Gasteiger partial charge on any atom is -0.508 e. The van der Waals surface area contributed by atoms with Crippen molar-refractivity contribution in [2.45, 2.75) is 23.5 Å². The molecule has 2 atom stereocenters. The van der Waals surface area contributed by atoms with E-state index in [0.717, 1.165) is 0 Å². The smallest absolute Gasteiger partial charge is 0.243 e. The monoisotopic (exact) mass is 319 g/mol. The Kier molecular flexibility index (Phi) is 3.68. The third kappa shape index (κ3) is 2.29. The molecule has 0 aromatic heterocycles. The number of benzene rings is 2. The number of fused-ring (bicyclic) bond motifs is 1. The number of phenols is 1. The zero-order chi connectivity index (χ0) is 15.9. The summed E-state index contributed by atoms with van der Waals surface area (Å²) < 4.78 is 26.4. The summed E-state index contributed by atoms with van der Waals surface area (Å²) in [4.78, 5) is 0.138. The van der Waals surface area contributed by atoms with Crippen molar-refractivity contribution < 1.29 is 18.6 Å². The van der Waals surface area contributed by atoms with Crippen molar-refractivity contribution in [1.29, 1.82) is 0 Å². The van der Waals surface area contributed by atoms with E-state index in [0.29, 0.717) is 11.1 Å². The average molecular weight is 319 g/mol. The summed E-state index contributed by atoms with van der Waals surface area (Å²) in [5, 5.41) is 20.5. The Bertz CT molecular complexity index is 803. The summed E-state index contributed by atoms with van der Waals surface area (Å²) in [6.07, 6.45) is -0.706. The number of nitrogens with zero attached hydrogens (tertiary/aromatic N) is 1. The number of hydrogen-bond donors (Lipinski definition) is 2.